The Hall–Kier alpha value is -1.29. The van der Waals surface area contributed by atoms with Gasteiger partial charge in [0.1, 0.15) is 0 Å². The number of nitrogens with zero attached hydrogens (tertiary/aromatic N) is 1. The smallest absolute Gasteiger partial charge is 0.0689 e. The van der Waals surface area contributed by atoms with E-state index < -0.39 is 0 Å². The Morgan fingerprint density at radius 3 is 1.83 bits per heavy atom. The van der Waals surface area contributed by atoms with Crippen LogP contribution in [-0.2, 0) is 6.42 Å². The molecule has 2 saturated carbocycles. The minimum atomic E-state index is -0.0310. The fourth-order valence-electron chi connectivity index (χ4n) is 7.16. The lowest BCUT2D eigenvalue weighted by atomic mass is 9.67. The van der Waals surface area contributed by atoms with E-state index in [9.17, 15) is 5.26 Å². The number of aryl methyl sites for hydroxylation is 1. The molecule has 0 heterocycles. The monoisotopic (exact) mass is 491 g/mol. The topological polar surface area (TPSA) is 23.8 Å². The van der Waals surface area contributed by atoms with Gasteiger partial charge in [0.25, 0.3) is 0 Å². The van der Waals surface area contributed by atoms with Crippen LogP contribution in [-0.4, -0.2) is 0 Å². The maximum absolute atomic E-state index is 9.93. The van der Waals surface area contributed by atoms with Gasteiger partial charge in [-0.1, -0.05) is 134 Å². The van der Waals surface area contributed by atoms with E-state index in [0.29, 0.717) is 5.92 Å². The molecule has 1 nitrogen and oxygen atoms in total. The SMILES string of the molecule is CCCCCCCC1CCC(CCc2ccc(C3CCC(C#N)(CCCCCCC)CC3)cc2)CC1. The Balaban J connectivity index is 1.32. The maximum Gasteiger partial charge on any atom is 0.0689 e. The highest BCUT2D eigenvalue weighted by molar-refractivity contribution is 5.26. The van der Waals surface area contributed by atoms with Crippen molar-refractivity contribution in [2.45, 2.75) is 161 Å². The van der Waals surface area contributed by atoms with E-state index in [1.54, 1.807) is 0 Å². The first-order valence-corrected chi connectivity index (χ1v) is 16.2. The summed E-state index contributed by atoms with van der Waals surface area (Å²) in [5.41, 5.74) is 3.02. The van der Waals surface area contributed by atoms with Gasteiger partial charge in [0.2, 0.25) is 0 Å². The van der Waals surface area contributed by atoms with E-state index in [-0.39, 0.29) is 5.41 Å². The second-order valence-electron chi connectivity index (χ2n) is 12.7. The van der Waals surface area contributed by atoms with E-state index >= 15 is 0 Å². The number of unbranched alkanes of at least 4 members (excludes halogenated alkanes) is 8. The molecule has 0 unspecified atom stereocenters. The van der Waals surface area contributed by atoms with E-state index in [1.807, 2.05) is 0 Å². The fourth-order valence-corrected chi connectivity index (χ4v) is 7.16. The molecular formula is C35H57N. The molecule has 0 radical (unpaired) electrons. The van der Waals surface area contributed by atoms with Crippen LogP contribution in [0.25, 0.3) is 0 Å². The predicted molar refractivity (Wildman–Crippen MR) is 156 cm³/mol. The number of benzene rings is 1. The molecule has 0 N–H and O–H groups in total. The summed E-state index contributed by atoms with van der Waals surface area (Å²) in [6.45, 7) is 4.58. The van der Waals surface area contributed by atoms with Crippen LogP contribution in [0.3, 0.4) is 0 Å². The third-order valence-corrected chi connectivity index (χ3v) is 9.91. The Morgan fingerprint density at radius 2 is 1.25 bits per heavy atom. The van der Waals surface area contributed by atoms with E-state index in [1.165, 1.54) is 133 Å². The van der Waals surface area contributed by atoms with E-state index in [2.05, 4.69) is 44.2 Å². The highest BCUT2D eigenvalue weighted by atomic mass is 14.4. The largest absolute Gasteiger partial charge is 0.198 e. The minimum absolute atomic E-state index is 0.0310. The molecule has 2 fully saturated rings. The van der Waals surface area contributed by atoms with Crippen molar-refractivity contribution in [2.75, 3.05) is 0 Å². The molecule has 0 aliphatic heterocycles. The van der Waals surface area contributed by atoms with Crippen LogP contribution >= 0.6 is 0 Å². The zero-order chi connectivity index (χ0) is 25.5. The van der Waals surface area contributed by atoms with Gasteiger partial charge in [0.15, 0.2) is 0 Å². The molecule has 0 atom stereocenters. The Kier molecular flexibility index (Phi) is 13.4. The molecule has 1 aromatic carbocycles. The molecule has 0 saturated heterocycles. The van der Waals surface area contributed by atoms with Crippen LogP contribution in [0.2, 0.25) is 0 Å². The van der Waals surface area contributed by atoms with Gasteiger partial charge in [-0.05, 0) is 73.8 Å². The molecule has 0 amide bonds. The van der Waals surface area contributed by atoms with Gasteiger partial charge < -0.3 is 0 Å². The van der Waals surface area contributed by atoms with Gasteiger partial charge in [-0.3, -0.25) is 0 Å². The molecule has 0 bridgehead atoms. The fraction of sp³-hybridized carbons (Fsp3) is 0.800. The quantitative estimate of drug-likeness (QED) is 0.211. The highest BCUT2D eigenvalue weighted by Crippen LogP contribution is 2.45. The first-order valence-electron chi connectivity index (χ1n) is 16.2. The normalized spacial score (nSPS) is 26.5. The molecule has 2 aliphatic carbocycles. The Labute approximate surface area is 224 Å². The molecule has 202 valence electrons. The van der Waals surface area contributed by atoms with Crippen LogP contribution in [0.15, 0.2) is 24.3 Å². The zero-order valence-corrected chi connectivity index (χ0v) is 24.0. The summed E-state index contributed by atoms with van der Waals surface area (Å²) in [6.07, 6.45) is 29.5. The van der Waals surface area contributed by atoms with Crippen LogP contribution < -0.4 is 0 Å². The van der Waals surface area contributed by atoms with Gasteiger partial charge in [0, 0.05) is 0 Å². The third-order valence-electron chi connectivity index (χ3n) is 9.91. The van der Waals surface area contributed by atoms with Crippen molar-refractivity contribution in [1.82, 2.24) is 0 Å². The Morgan fingerprint density at radius 1 is 0.694 bits per heavy atom. The maximum atomic E-state index is 9.93. The summed E-state index contributed by atoms with van der Waals surface area (Å²) in [5.74, 6) is 2.65. The molecule has 0 aromatic heterocycles. The van der Waals surface area contributed by atoms with Gasteiger partial charge in [-0.25, -0.2) is 0 Å². The average molecular weight is 492 g/mol. The molecular weight excluding hydrogens is 434 g/mol. The summed E-state index contributed by atoms with van der Waals surface area (Å²) in [6, 6.07) is 12.4. The van der Waals surface area contributed by atoms with Crippen molar-refractivity contribution < 1.29 is 0 Å². The Bertz CT molecular complexity index is 725. The van der Waals surface area contributed by atoms with Crippen LogP contribution in [0.5, 0.6) is 0 Å². The molecule has 36 heavy (non-hydrogen) atoms. The highest BCUT2D eigenvalue weighted by Gasteiger charge is 2.35. The molecule has 0 spiro atoms. The van der Waals surface area contributed by atoms with Crippen LogP contribution in [0, 0.1) is 28.6 Å². The zero-order valence-electron chi connectivity index (χ0n) is 24.0. The minimum Gasteiger partial charge on any atom is -0.198 e. The van der Waals surface area contributed by atoms with Gasteiger partial charge in [-0.15, -0.1) is 0 Å². The second-order valence-corrected chi connectivity index (χ2v) is 12.7. The summed E-state index contributed by atoms with van der Waals surface area (Å²) < 4.78 is 0. The number of hydrogen-bond donors (Lipinski definition) is 0. The van der Waals surface area contributed by atoms with Gasteiger partial charge in [0.05, 0.1) is 11.5 Å². The average Bonchev–Trinajstić information content (AvgIpc) is 2.93. The van der Waals surface area contributed by atoms with E-state index in [4.69, 9.17) is 0 Å². The molecule has 3 rings (SSSR count). The summed E-state index contributed by atoms with van der Waals surface area (Å²) >= 11 is 0. The molecule has 2 aliphatic rings. The van der Waals surface area contributed by atoms with Crippen molar-refractivity contribution in [2.24, 2.45) is 17.3 Å². The molecule has 1 heteroatoms. The van der Waals surface area contributed by atoms with Gasteiger partial charge in [-0.2, -0.15) is 5.26 Å². The standard InChI is InChI=1S/C35H57N/c1-3-5-7-9-11-13-30-14-16-31(17-15-30)18-19-32-20-22-33(23-21-32)34-24-27-35(29-36,28-25-34)26-12-10-8-6-4-2/h20-23,30-31,34H,3-19,24-28H2,1-2H3. The lowest BCUT2D eigenvalue weighted by molar-refractivity contribution is 0.223. The van der Waals surface area contributed by atoms with Crippen molar-refractivity contribution >= 4 is 0 Å². The summed E-state index contributed by atoms with van der Waals surface area (Å²) in [7, 11) is 0. The van der Waals surface area contributed by atoms with Crippen LogP contribution in [0.4, 0.5) is 0 Å². The number of rotatable bonds is 16. The van der Waals surface area contributed by atoms with Crippen molar-refractivity contribution in [3.8, 4) is 6.07 Å². The first-order chi connectivity index (χ1) is 17.7. The summed E-state index contributed by atoms with van der Waals surface area (Å²) in [5, 5.41) is 9.93. The van der Waals surface area contributed by atoms with Crippen LogP contribution in [0.1, 0.15) is 166 Å². The lowest BCUT2D eigenvalue weighted by Gasteiger charge is -2.35. The van der Waals surface area contributed by atoms with E-state index in [0.717, 1.165) is 31.1 Å². The van der Waals surface area contributed by atoms with Crippen molar-refractivity contribution in [3.05, 3.63) is 35.4 Å². The summed E-state index contributed by atoms with van der Waals surface area (Å²) in [4.78, 5) is 0. The predicted octanol–water partition coefficient (Wildman–Crippen LogP) is 11.3. The molecule has 1 aromatic rings. The number of hydrogen-bond acceptors (Lipinski definition) is 1. The first kappa shape index (κ1) is 29.3. The van der Waals surface area contributed by atoms with Gasteiger partial charge >= 0.3 is 0 Å². The third kappa shape index (κ3) is 9.88. The van der Waals surface area contributed by atoms with Crippen molar-refractivity contribution in [3.63, 3.8) is 0 Å². The second kappa shape index (κ2) is 16.5. The van der Waals surface area contributed by atoms with Crippen molar-refractivity contribution in [1.29, 1.82) is 5.26 Å². The number of nitriles is 1. The lowest BCUT2D eigenvalue weighted by Crippen LogP contribution is -2.25.